The lowest BCUT2D eigenvalue weighted by atomic mass is 10.1. The van der Waals surface area contributed by atoms with Crippen LogP contribution in [0.4, 0.5) is 4.39 Å². The average molecular weight is 363 g/mol. The van der Waals surface area contributed by atoms with E-state index in [-0.39, 0.29) is 12.5 Å². The van der Waals surface area contributed by atoms with Gasteiger partial charge in [-0.2, -0.15) is 0 Å². The molecule has 1 aliphatic heterocycles. The fraction of sp³-hybridized carbons (Fsp3) is 0.0625. The quantitative estimate of drug-likeness (QED) is 0.689. The summed E-state index contributed by atoms with van der Waals surface area (Å²) in [6, 6.07) is 10.2. The van der Waals surface area contributed by atoms with Crippen molar-refractivity contribution < 1.29 is 32.7 Å². The molecule has 2 aromatic carbocycles. The van der Waals surface area contributed by atoms with Crippen molar-refractivity contribution in [3.8, 4) is 28.5 Å². The fourth-order valence-corrected chi connectivity index (χ4v) is 2.99. The van der Waals surface area contributed by atoms with Crippen LogP contribution in [0, 0.1) is 5.82 Å². The zero-order valence-corrected chi connectivity index (χ0v) is 13.4. The monoisotopic (exact) mass is 363 g/mol. The Morgan fingerprint density at radius 2 is 1.88 bits per heavy atom. The third-order valence-corrected chi connectivity index (χ3v) is 4.04. The van der Waals surface area contributed by atoms with Crippen LogP contribution in [0.5, 0.6) is 17.2 Å². The second-order valence-electron chi connectivity index (χ2n) is 5.32. The molecule has 0 unspecified atom stereocenters. The van der Waals surface area contributed by atoms with Crippen LogP contribution in [-0.4, -0.2) is 21.6 Å². The lowest BCUT2D eigenvalue weighted by Crippen LogP contribution is -1.95. The SMILES string of the molecule is O=P(O)(O)Oc1cc(-c2cccc(F)c2)nc2cc3c(cc12)OCO3. The van der Waals surface area contributed by atoms with Crippen molar-refractivity contribution in [3.05, 3.63) is 48.3 Å². The first-order valence-electron chi connectivity index (χ1n) is 7.14. The minimum atomic E-state index is -4.81. The summed E-state index contributed by atoms with van der Waals surface area (Å²) in [6.07, 6.45) is 0. The molecule has 2 heterocycles. The first kappa shape index (κ1) is 15.8. The number of hydrogen-bond donors (Lipinski definition) is 2. The van der Waals surface area contributed by atoms with Crippen molar-refractivity contribution in [1.82, 2.24) is 4.98 Å². The lowest BCUT2D eigenvalue weighted by molar-refractivity contribution is 0.174. The maximum absolute atomic E-state index is 13.5. The molecule has 4 rings (SSSR count). The number of hydrogen-bond acceptors (Lipinski definition) is 5. The minimum Gasteiger partial charge on any atom is -0.454 e. The van der Waals surface area contributed by atoms with Crippen LogP contribution in [0.25, 0.3) is 22.2 Å². The van der Waals surface area contributed by atoms with Crippen LogP contribution in [0.3, 0.4) is 0 Å². The summed E-state index contributed by atoms with van der Waals surface area (Å²) in [7, 11) is -4.81. The van der Waals surface area contributed by atoms with Crippen LogP contribution in [0.15, 0.2) is 42.5 Å². The summed E-state index contributed by atoms with van der Waals surface area (Å²) in [4.78, 5) is 22.8. The van der Waals surface area contributed by atoms with Crippen molar-refractivity contribution in [2.45, 2.75) is 0 Å². The Kier molecular flexibility index (Phi) is 3.61. The third-order valence-electron chi connectivity index (χ3n) is 3.60. The molecular formula is C16H11FNO6P. The summed E-state index contributed by atoms with van der Waals surface area (Å²) in [5.74, 6) is 0.334. The Morgan fingerprint density at radius 1 is 1.12 bits per heavy atom. The van der Waals surface area contributed by atoms with Crippen molar-refractivity contribution >= 4 is 18.7 Å². The maximum Gasteiger partial charge on any atom is 0.524 e. The molecule has 1 aromatic heterocycles. The topological polar surface area (TPSA) is 98.1 Å². The molecule has 0 radical (unpaired) electrons. The Labute approximate surface area is 140 Å². The Bertz CT molecular complexity index is 1030. The first-order valence-corrected chi connectivity index (χ1v) is 8.67. The predicted octanol–water partition coefficient (Wildman–Crippen LogP) is 3.24. The van der Waals surface area contributed by atoms with E-state index in [0.29, 0.717) is 33.7 Å². The number of ether oxygens (including phenoxy) is 2. The van der Waals surface area contributed by atoms with Gasteiger partial charge in [0.15, 0.2) is 11.5 Å². The summed E-state index contributed by atoms with van der Waals surface area (Å²) in [5, 5.41) is 0.340. The molecule has 0 aliphatic carbocycles. The summed E-state index contributed by atoms with van der Waals surface area (Å²) in [6.45, 7) is 0.0388. The van der Waals surface area contributed by atoms with Gasteiger partial charge in [0.05, 0.1) is 11.2 Å². The van der Waals surface area contributed by atoms with E-state index in [2.05, 4.69) is 4.98 Å². The summed E-state index contributed by atoms with van der Waals surface area (Å²) >= 11 is 0. The number of benzene rings is 2. The molecule has 0 atom stereocenters. The van der Waals surface area contributed by atoms with Gasteiger partial charge >= 0.3 is 7.82 Å². The van der Waals surface area contributed by atoms with E-state index in [9.17, 15) is 18.7 Å². The number of aromatic nitrogens is 1. The first-order chi connectivity index (χ1) is 11.9. The van der Waals surface area contributed by atoms with Gasteiger partial charge in [0.2, 0.25) is 6.79 Å². The van der Waals surface area contributed by atoms with Gasteiger partial charge in [0.1, 0.15) is 11.6 Å². The van der Waals surface area contributed by atoms with Crippen molar-refractivity contribution in [2.24, 2.45) is 0 Å². The summed E-state index contributed by atoms with van der Waals surface area (Å²) in [5.41, 5.74) is 1.11. The van der Waals surface area contributed by atoms with Gasteiger partial charge in [0, 0.05) is 23.1 Å². The van der Waals surface area contributed by atoms with Gasteiger partial charge in [-0.15, -0.1) is 0 Å². The molecule has 128 valence electrons. The molecule has 7 nitrogen and oxygen atoms in total. The van der Waals surface area contributed by atoms with Crippen molar-refractivity contribution in [1.29, 1.82) is 0 Å². The van der Waals surface area contributed by atoms with E-state index in [1.54, 1.807) is 12.1 Å². The molecule has 0 amide bonds. The van der Waals surface area contributed by atoms with Crippen LogP contribution >= 0.6 is 7.82 Å². The van der Waals surface area contributed by atoms with E-state index >= 15 is 0 Å². The molecule has 1 aliphatic rings. The highest BCUT2D eigenvalue weighted by Crippen LogP contribution is 2.45. The van der Waals surface area contributed by atoms with E-state index in [0.717, 1.165) is 0 Å². The third kappa shape index (κ3) is 3.15. The second kappa shape index (κ2) is 5.70. The van der Waals surface area contributed by atoms with Gasteiger partial charge in [-0.05, 0) is 18.2 Å². The molecule has 2 N–H and O–H groups in total. The standard InChI is InChI=1S/C16H11FNO6P/c17-10-3-1-2-9(4-10)12-6-14(24-25(19,20)21)11-5-15-16(23-8-22-15)7-13(11)18-12/h1-7H,8H2,(H2,19,20,21). The zero-order valence-electron chi connectivity index (χ0n) is 12.5. The zero-order chi connectivity index (χ0) is 17.6. The number of nitrogens with zero attached hydrogens (tertiary/aromatic N) is 1. The van der Waals surface area contributed by atoms with E-state index in [1.807, 2.05) is 0 Å². The molecule has 0 saturated carbocycles. The van der Waals surface area contributed by atoms with Gasteiger partial charge in [-0.1, -0.05) is 12.1 Å². The van der Waals surface area contributed by atoms with Crippen LogP contribution in [-0.2, 0) is 4.57 Å². The van der Waals surface area contributed by atoms with Gasteiger partial charge in [-0.25, -0.2) is 13.9 Å². The Morgan fingerprint density at radius 3 is 2.60 bits per heavy atom. The lowest BCUT2D eigenvalue weighted by Gasteiger charge is -2.12. The minimum absolute atomic E-state index is 0.0388. The second-order valence-corrected chi connectivity index (χ2v) is 6.48. The number of halogens is 1. The highest BCUT2D eigenvalue weighted by atomic mass is 31.2. The number of phosphoric ester groups is 1. The highest BCUT2D eigenvalue weighted by molar-refractivity contribution is 7.46. The molecule has 0 saturated heterocycles. The van der Waals surface area contributed by atoms with Crippen molar-refractivity contribution in [3.63, 3.8) is 0 Å². The van der Waals surface area contributed by atoms with Gasteiger partial charge in [-0.3, -0.25) is 9.79 Å². The smallest absolute Gasteiger partial charge is 0.454 e. The number of fused-ring (bicyclic) bond motifs is 2. The molecular weight excluding hydrogens is 352 g/mol. The molecule has 0 fully saturated rings. The van der Waals surface area contributed by atoms with Crippen LogP contribution < -0.4 is 14.0 Å². The fourth-order valence-electron chi connectivity index (χ4n) is 2.58. The molecule has 3 aromatic rings. The number of phosphoric acid groups is 1. The van der Waals surface area contributed by atoms with Crippen LogP contribution in [0.1, 0.15) is 0 Å². The van der Waals surface area contributed by atoms with Crippen LogP contribution in [0.2, 0.25) is 0 Å². The Hall–Kier alpha value is -2.67. The predicted molar refractivity (Wildman–Crippen MR) is 85.9 cm³/mol. The average Bonchev–Trinajstić information content (AvgIpc) is 2.98. The highest BCUT2D eigenvalue weighted by Gasteiger charge is 2.22. The van der Waals surface area contributed by atoms with E-state index in [4.69, 9.17) is 14.0 Å². The van der Waals surface area contributed by atoms with Gasteiger partial charge < -0.3 is 14.0 Å². The largest absolute Gasteiger partial charge is 0.524 e. The number of pyridine rings is 1. The normalized spacial score (nSPS) is 13.2. The molecule has 0 spiro atoms. The van der Waals surface area contributed by atoms with Gasteiger partial charge in [0.25, 0.3) is 0 Å². The number of rotatable bonds is 3. The summed E-state index contributed by atoms with van der Waals surface area (Å²) < 4.78 is 40.2. The maximum atomic E-state index is 13.5. The van der Waals surface area contributed by atoms with Crippen molar-refractivity contribution in [2.75, 3.05) is 6.79 Å². The van der Waals surface area contributed by atoms with E-state index in [1.165, 1.54) is 30.3 Å². The Balaban J connectivity index is 1.96. The molecule has 25 heavy (non-hydrogen) atoms. The molecule has 0 bridgehead atoms. The molecule has 9 heteroatoms. The van der Waals surface area contributed by atoms with E-state index < -0.39 is 13.6 Å².